The third kappa shape index (κ3) is 4.33. The normalized spacial score (nSPS) is 14.9. The number of benzene rings is 2. The summed E-state index contributed by atoms with van der Waals surface area (Å²) in [5, 5.41) is 13.9. The van der Waals surface area contributed by atoms with Crippen LogP contribution < -0.4 is 15.0 Å². The van der Waals surface area contributed by atoms with Crippen molar-refractivity contribution in [2.45, 2.75) is 13.8 Å². The second kappa shape index (κ2) is 9.18. The van der Waals surface area contributed by atoms with Crippen molar-refractivity contribution in [1.29, 1.82) is 0 Å². The molecule has 3 aromatic rings. The highest BCUT2D eigenvalue weighted by atomic mass is 79.9. The lowest BCUT2D eigenvalue weighted by Crippen LogP contribution is -2.54. The minimum absolute atomic E-state index is 0.163. The fraction of sp³-hybridized carbons (Fsp3) is 0.125. The van der Waals surface area contributed by atoms with Gasteiger partial charge in [-0.3, -0.25) is 25.0 Å². The number of carbonyl (C=O) groups excluding carboxylic acids is 3. The number of ether oxygens (including phenoxy) is 1. The van der Waals surface area contributed by atoms with Crippen LogP contribution in [0.5, 0.6) is 5.75 Å². The molecule has 2 aromatic carbocycles. The van der Waals surface area contributed by atoms with E-state index in [1.54, 1.807) is 60.9 Å². The molecule has 0 bridgehead atoms. The van der Waals surface area contributed by atoms with E-state index in [9.17, 15) is 24.5 Å². The minimum atomic E-state index is -0.848. The van der Waals surface area contributed by atoms with E-state index in [0.717, 1.165) is 9.37 Å². The monoisotopic (exact) mass is 538 g/mol. The van der Waals surface area contributed by atoms with Gasteiger partial charge in [0.15, 0.2) is 0 Å². The number of hydrogen-bond acceptors (Lipinski definition) is 6. The smallest absolute Gasteiger partial charge is 0.335 e. The van der Waals surface area contributed by atoms with Gasteiger partial charge in [0.25, 0.3) is 17.5 Å². The molecule has 178 valence electrons. The molecule has 0 atom stereocenters. The first-order chi connectivity index (χ1) is 16.6. The summed E-state index contributed by atoms with van der Waals surface area (Å²) in [5.74, 6) is -1.26. The van der Waals surface area contributed by atoms with Crippen molar-refractivity contribution in [2.75, 3.05) is 12.0 Å². The van der Waals surface area contributed by atoms with E-state index in [2.05, 4.69) is 21.2 Å². The summed E-state index contributed by atoms with van der Waals surface area (Å²) >= 11 is 3.30. The third-order valence-electron chi connectivity index (χ3n) is 5.58. The number of nitrogens with zero attached hydrogens (tertiary/aromatic N) is 3. The Morgan fingerprint density at radius 2 is 1.74 bits per heavy atom. The number of aryl methyl sites for hydroxylation is 1. The van der Waals surface area contributed by atoms with Gasteiger partial charge in [-0.2, -0.15) is 0 Å². The number of nitro groups is 1. The van der Waals surface area contributed by atoms with E-state index in [0.29, 0.717) is 34.1 Å². The van der Waals surface area contributed by atoms with Crippen LogP contribution in [0.3, 0.4) is 0 Å². The van der Waals surface area contributed by atoms with Gasteiger partial charge in [0.2, 0.25) is 0 Å². The highest BCUT2D eigenvalue weighted by Crippen LogP contribution is 2.32. The maximum Gasteiger partial charge on any atom is 0.335 e. The standard InChI is InChI=1S/C24H19BrN4O6/c1-13-10-15(14(2)27(13)20-9-8-18(35-3)12-21(20)29(33)34)11-19-22(30)26-24(32)28(23(19)31)17-6-4-16(25)5-7-17/h4-12H,1-3H3,(H,26,30,32)/b19-11+. The molecule has 11 heteroatoms. The maximum absolute atomic E-state index is 13.2. The summed E-state index contributed by atoms with van der Waals surface area (Å²) in [7, 11) is 1.42. The Balaban J connectivity index is 1.79. The highest BCUT2D eigenvalue weighted by Gasteiger charge is 2.37. The van der Waals surface area contributed by atoms with Gasteiger partial charge in [-0.1, -0.05) is 15.9 Å². The summed E-state index contributed by atoms with van der Waals surface area (Å²) in [6.45, 7) is 3.47. The molecule has 1 aliphatic heterocycles. The van der Waals surface area contributed by atoms with Crippen molar-refractivity contribution < 1.29 is 24.0 Å². The van der Waals surface area contributed by atoms with E-state index in [4.69, 9.17) is 4.74 Å². The van der Waals surface area contributed by atoms with Crippen LogP contribution >= 0.6 is 15.9 Å². The second-order valence-electron chi connectivity index (χ2n) is 7.71. The van der Waals surface area contributed by atoms with E-state index >= 15 is 0 Å². The fourth-order valence-corrected chi connectivity index (χ4v) is 4.17. The van der Waals surface area contributed by atoms with Crippen LogP contribution in [0.15, 0.2) is 58.6 Å². The predicted octanol–water partition coefficient (Wildman–Crippen LogP) is 4.44. The van der Waals surface area contributed by atoms with Gasteiger partial charge in [-0.15, -0.1) is 0 Å². The topological polar surface area (TPSA) is 124 Å². The first-order valence-corrected chi connectivity index (χ1v) is 11.1. The molecule has 1 saturated heterocycles. The van der Waals surface area contributed by atoms with Crippen molar-refractivity contribution >= 4 is 51.2 Å². The number of anilines is 1. The van der Waals surface area contributed by atoms with Gasteiger partial charge in [0.1, 0.15) is 17.0 Å². The first kappa shape index (κ1) is 23.9. The van der Waals surface area contributed by atoms with Gasteiger partial charge in [0, 0.05) is 15.9 Å². The summed E-state index contributed by atoms with van der Waals surface area (Å²) in [5.41, 5.74) is 1.91. The Bertz CT molecular complexity index is 1420. The van der Waals surface area contributed by atoms with Crippen LogP contribution in [-0.4, -0.2) is 34.4 Å². The van der Waals surface area contributed by atoms with Crippen molar-refractivity contribution in [3.05, 3.63) is 85.6 Å². The summed E-state index contributed by atoms with van der Waals surface area (Å²) in [6, 6.07) is 11.9. The Hall–Kier alpha value is -4.25. The van der Waals surface area contributed by atoms with E-state index in [1.165, 1.54) is 19.3 Å². The van der Waals surface area contributed by atoms with Gasteiger partial charge in [-0.25, -0.2) is 9.69 Å². The van der Waals surface area contributed by atoms with E-state index in [1.807, 2.05) is 0 Å². The van der Waals surface area contributed by atoms with Crippen LogP contribution in [0.2, 0.25) is 0 Å². The Kier molecular flexibility index (Phi) is 6.27. The molecule has 10 nitrogen and oxygen atoms in total. The van der Waals surface area contributed by atoms with E-state index in [-0.39, 0.29) is 11.3 Å². The molecule has 0 aliphatic carbocycles. The molecule has 0 saturated carbocycles. The number of aromatic nitrogens is 1. The zero-order chi connectivity index (χ0) is 25.4. The number of urea groups is 1. The molecule has 0 unspecified atom stereocenters. The van der Waals surface area contributed by atoms with Gasteiger partial charge >= 0.3 is 6.03 Å². The quantitative estimate of drug-likeness (QED) is 0.221. The molecule has 4 amide bonds. The third-order valence-corrected chi connectivity index (χ3v) is 6.11. The number of nitro benzene ring substituents is 1. The van der Waals surface area contributed by atoms with Crippen LogP contribution in [0.4, 0.5) is 16.2 Å². The van der Waals surface area contributed by atoms with Crippen molar-refractivity contribution in [1.82, 2.24) is 9.88 Å². The molecular formula is C24H19BrN4O6. The van der Waals surface area contributed by atoms with E-state index < -0.39 is 22.8 Å². The van der Waals surface area contributed by atoms with Crippen LogP contribution in [0, 0.1) is 24.0 Å². The number of hydrogen-bond donors (Lipinski definition) is 1. The van der Waals surface area contributed by atoms with Crippen molar-refractivity contribution in [3.8, 4) is 11.4 Å². The predicted molar refractivity (Wildman–Crippen MR) is 132 cm³/mol. The zero-order valence-electron chi connectivity index (χ0n) is 18.9. The Morgan fingerprint density at radius 1 is 1.06 bits per heavy atom. The second-order valence-corrected chi connectivity index (χ2v) is 8.62. The fourth-order valence-electron chi connectivity index (χ4n) is 3.91. The molecular weight excluding hydrogens is 520 g/mol. The summed E-state index contributed by atoms with van der Waals surface area (Å²) in [4.78, 5) is 50.2. The molecule has 1 aromatic heterocycles. The van der Waals surface area contributed by atoms with Gasteiger partial charge in [0.05, 0.1) is 23.8 Å². The molecule has 2 heterocycles. The number of amides is 4. The molecule has 1 aliphatic rings. The van der Waals surface area contributed by atoms with Crippen LogP contribution in [0.1, 0.15) is 17.0 Å². The zero-order valence-corrected chi connectivity index (χ0v) is 20.5. The molecule has 0 radical (unpaired) electrons. The Labute approximate surface area is 208 Å². The minimum Gasteiger partial charge on any atom is -0.496 e. The van der Waals surface area contributed by atoms with Crippen LogP contribution in [0.25, 0.3) is 11.8 Å². The average Bonchev–Trinajstić information content (AvgIpc) is 3.09. The Morgan fingerprint density at radius 3 is 2.37 bits per heavy atom. The molecule has 0 spiro atoms. The molecule has 1 fully saturated rings. The summed E-state index contributed by atoms with van der Waals surface area (Å²) < 4.78 is 7.53. The molecule has 35 heavy (non-hydrogen) atoms. The maximum atomic E-state index is 13.2. The number of carbonyl (C=O) groups is 3. The highest BCUT2D eigenvalue weighted by molar-refractivity contribution is 9.10. The lowest BCUT2D eigenvalue weighted by atomic mass is 10.1. The number of rotatable bonds is 5. The van der Waals surface area contributed by atoms with Crippen LogP contribution in [-0.2, 0) is 9.59 Å². The number of nitrogens with one attached hydrogen (secondary N) is 1. The molecule has 1 N–H and O–H groups in total. The SMILES string of the molecule is COc1ccc(-n2c(C)cc(/C=C3\C(=O)NC(=O)N(c4ccc(Br)cc4)C3=O)c2C)c([N+](=O)[O-])c1. The number of methoxy groups -OCH3 is 1. The average molecular weight is 539 g/mol. The van der Waals surface area contributed by atoms with Crippen molar-refractivity contribution in [2.24, 2.45) is 0 Å². The number of barbiturate groups is 1. The van der Waals surface area contributed by atoms with Gasteiger partial charge < -0.3 is 9.30 Å². The van der Waals surface area contributed by atoms with Gasteiger partial charge in [-0.05, 0) is 68.0 Å². The molecule has 4 rings (SSSR count). The first-order valence-electron chi connectivity index (χ1n) is 10.3. The largest absolute Gasteiger partial charge is 0.496 e. The van der Waals surface area contributed by atoms with Crippen molar-refractivity contribution in [3.63, 3.8) is 0 Å². The number of halogens is 1. The lowest BCUT2D eigenvalue weighted by Gasteiger charge is -2.26. The summed E-state index contributed by atoms with van der Waals surface area (Å²) in [6.07, 6.45) is 1.38. The lowest BCUT2D eigenvalue weighted by molar-refractivity contribution is -0.384. The number of imide groups is 2.